The minimum absolute atomic E-state index is 0.344. The second-order valence-corrected chi connectivity index (χ2v) is 7.17. The molecule has 1 heterocycles. The van der Waals surface area contributed by atoms with Crippen molar-refractivity contribution in [1.82, 2.24) is 9.80 Å². The van der Waals surface area contributed by atoms with Crippen molar-refractivity contribution >= 4 is 17.7 Å². The van der Waals surface area contributed by atoms with Crippen molar-refractivity contribution in [2.45, 2.75) is 56.2 Å². The number of thioether (sulfide) groups is 1. The minimum Gasteiger partial charge on any atom is -0.342 e. The van der Waals surface area contributed by atoms with Crippen molar-refractivity contribution in [2.75, 3.05) is 32.9 Å². The van der Waals surface area contributed by atoms with Crippen LogP contribution in [0.5, 0.6) is 0 Å². The lowest BCUT2D eigenvalue weighted by Crippen LogP contribution is -2.42. The van der Waals surface area contributed by atoms with E-state index in [1.54, 1.807) is 0 Å². The number of nitrogens with zero attached hydrogens (tertiary/aromatic N) is 2. The maximum Gasteiger partial charge on any atom is 0.236 e. The van der Waals surface area contributed by atoms with Gasteiger partial charge in [-0.15, -0.1) is 0 Å². The van der Waals surface area contributed by atoms with Crippen LogP contribution in [0.15, 0.2) is 0 Å². The van der Waals surface area contributed by atoms with Crippen LogP contribution in [0.25, 0.3) is 0 Å². The first-order valence-electron chi connectivity index (χ1n) is 7.71. The highest BCUT2D eigenvalue weighted by atomic mass is 32.2. The Morgan fingerprint density at radius 2 is 1.89 bits per heavy atom. The number of hydrogen-bond donors (Lipinski definition) is 0. The van der Waals surface area contributed by atoms with E-state index < -0.39 is 0 Å². The molecule has 0 aromatic heterocycles. The van der Waals surface area contributed by atoms with Crippen LogP contribution < -0.4 is 0 Å². The van der Waals surface area contributed by atoms with Gasteiger partial charge in [0.05, 0.1) is 6.54 Å². The summed E-state index contributed by atoms with van der Waals surface area (Å²) in [4.78, 5) is 16.7. The Kier molecular flexibility index (Phi) is 6.02. The van der Waals surface area contributed by atoms with Crippen molar-refractivity contribution < 1.29 is 4.79 Å². The quantitative estimate of drug-likeness (QED) is 0.793. The molecule has 2 rings (SSSR count). The Hall–Kier alpha value is -0.220. The Bertz CT molecular complexity index is 290. The molecular formula is C15H28N2OS. The number of hydrogen-bond acceptors (Lipinski definition) is 3. The molecule has 1 aliphatic carbocycles. The van der Waals surface area contributed by atoms with Gasteiger partial charge in [0, 0.05) is 24.4 Å². The number of amides is 1. The van der Waals surface area contributed by atoms with Crippen LogP contribution in [0, 0.1) is 0 Å². The summed E-state index contributed by atoms with van der Waals surface area (Å²) in [7, 11) is 2.13. The molecule has 0 N–H and O–H groups in total. The second-order valence-electron chi connectivity index (χ2n) is 6.03. The first-order chi connectivity index (χ1) is 9.20. The summed E-state index contributed by atoms with van der Waals surface area (Å²) in [6.45, 7) is 2.57. The summed E-state index contributed by atoms with van der Waals surface area (Å²) >= 11 is 1.98. The maximum absolute atomic E-state index is 12.3. The zero-order valence-corrected chi connectivity index (χ0v) is 13.3. The SMILES string of the molecule is CSC1CCC(N(C)CC(=O)N2CCCCCC2)C1. The van der Waals surface area contributed by atoms with Crippen LogP contribution in [0.3, 0.4) is 0 Å². The lowest BCUT2D eigenvalue weighted by molar-refractivity contribution is -0.132. The van der Waals surface area contributed by atoms with E-state index >= 15 is 0 Å². The fourth-order valence-electron chi connectivity index (χ4n) is 3.29. The Labute approximate surface area is 122 Å². The molecule has 4 heteroatoms. The van der Waals surface area contributed by atoms with Crippen LogP contribution in [-0.4, -0.2) is 59.9 Å². The van der Waals surface area contributed by atoms with Crippen molar-refractivity contribution in [3.63, 3.8) is 0 Å². The third kappa shape index (κ3) is 4.38. The van der Waals surface area contributed by atoms with E-state index in [0.717, 1.165) is 18.3 Å². The van der Waals surface area contributed by atoms with Crippen molar-refractivity contribution in [3.05, 3.63) is 0 Å². The van der Waals surface area contributed by atoms with E-state index in [0.29, 0.717) is 18.5 Å². The third-order valence-corrected chi connectivity index (χ3v) is 5.75. The summed E-state index contributed by atoms with van der Waals surface area (Å²) in [5.41, 5.74) is 0. The monoisotopic (exact) mass is 284 g/mol. The van der Waals surface area contributed by atoms with Crippen LogP contribution in [0.2, 0.25) is 0 Å². The highest BCUT2D eigenvalue weighted by Gasteiger charge is 2.28. The van der Waals surface area contributed by atoms with E-state index in [4.69, 9.17) is 0 Å². The van der Waals surface area contributed by atoms with Gasteiger partial charge in [0.25, 0.3) is 0 Å². The van der Waals surface area contributed by atoms with Crippen molar-refractivity contribution in [1.29, 1.82) is 0 Å². The average molecular weight is 284 g/mol. The molecule has 2 unspecified atom stereocenters. The van der Waals surface area contributed by atoms with Crippen molar-refractivity contribution in [2.24, 2.45) is 0 Å². The lowest BCUT2D eigenvalue weighted by Gasteiger charge is -2.27. The van der Waals surface area contributed by atoms with Gasteiger partial charge in [0.2, 0.25) is 5.91 Å². The third-order valence-electron chi connectivity index (χ3n) is 4.66. The summed E-state index contributed by atoms with van der Waals surface area (Å²) in [5.74, 6) is 0.344. The van der Waals surface area contributed by atoms with E-state index in [1.807, 2.05) is 11.8 Å². The molecule has 1 amide bonds. The zero-order valence-electron chi connectivity index (χ0n) is 12.4. The Morgan fingerprint density at radius 1 is 1.21 bits per heavy atom. The first kappa shape index (κ1) is 15.2. The minimum atomic E-state index is 0.344. The molecule has 1 saturated heterocycles. The number of likely N-dealkylation sites (N-methyl/N-ethyl adjacent to an activating group) is 1. The number of carbonyl (C=O) groups excluding carboxylic acids is 1. The van der Waals surface area contributed by atoms with E-state index in [1.165, 1.54) is 44.9 Å². The van der Waals surface area contributed by atoms with Gasteiger partial charge in [-0.25, -0.2) is 0 Å². The highest BCUT2D eigenvalue weighted by Crippen LogP contribution is 2.30. The molecule has 2 atom stereocenters. The predicted octanol–water partition coefficient (Wildman–Crippen LogP) is 2.60. The standard InChI is InChI=1S/C15H28N2OS/c1-16(13-7-8-14(11-13)19-2)12-15(18)17-9-5-3-4-6-10-17/h13-14H,3-12H2,1-2H3. The molecule has 2 aliphatic rings. The molecule has 19 heavy (non-hydrogen) atoms. The summed E-state index contributed by atoms with van der Waals surface area (Å²) < 4.78 is 0. The van der Waals surface area contributed by atoms with E-state index in [2.05, 4.69) is 23.1 Å². The largest absolute Gasteiger partial charge is 0.342 e. The van der Waals surface area contributed by atoms with Crippen LogP contribution in [0.1, 0.15) is 44.9 Å². The fraction of sp³-hybridized carbons (Fsp3) is 0.933. The number of rotatable bonds is 4. The summed E-state index contributed by atoms with van der Waals surface area (Å²) in [5, 5.41) is 0.806. The van der Waals surface area contributed by atoms with Gasteiger partial charge in [-0.05, 0) is 45.4 Å². The normalized spacial score (nSPS) is 28.7. The van der Waals surface area contributed by atoms with Gasteiger partial charge < -0.3 is 4.90 Å². The average Bonchev–Trinajstić information content (AvgIpc) is 2.73. The predicted molar refractivity (Wildman–Crippen MR) is 82.6 cm³/mol. The van der Waals surface area contributed by atoms with E-state index in [9.17, 15) is 4.79 Å². The molecule has 3 nitrogen and oxygen atoms in total. The second kappa shape index (κ2) is 7.53. The molecule has 0 bridgehead atoms. The van der Waals surface area contributed by atoms with Gasteiger partial charge in [0.15, 0.2) is 0 Å². The van der Waals surface area contributed by atoms with Crippen LogP contribution in [0.4, 0.5) is 0 Å². The van der Waals surface area contributed by atoms with Crippen LogP contribution >= 0.6 is 11.8 Å². The molecule has 0 radical (unpaired) electrons. The van der Waals surface area contributed by atoms with Crippen molar-refractivity contribution in [3.8, 4) is 0 Å². The zero-order chi connectivity index (χ0) is 13.7. The molecule has 1 saturated carbocycles. The molecule has 0 spiro atoms. The number of carbonyl (C=O) groups is 1. The molecule has 110 valence electrons. The Morgan fingerprint density at radius 3 is 2.47 bits per heavy atom. The van der Waals surface area contributed by atoms with Gasteiger partial charge in [0.1, 0.15) is 0 Å². The molecule has 2 fully saturated rings. The molecular weight excluding hydrogens is 256 g/mol. The highest BCUT2D eigenvalue weighted by molar-refractivity contribution is 7.99. The Balaban J connectivity index is 1.77. The van der Waals surface area contributed by atoms with Gasteiger partial charge >= 0.3 is 0 Å². The molecule has 0 aromatic carbocycles. The summed E-state index contributed by atoms with van der Waals surface area (Å²) in [6.07, 6.45) is 11.0. The smallest absolute Gasteiger partial charge is 0.236 e. The topological polar surface area (TPSA) is 23.6 Å². The summed E-state index contributed by atoms with van der Waals surface area (Å²) in [6, 6.07) is 0.619. The van der Waals surface area contributed by atoms with E-state index in [-0.39, 0.29) is 0 Å². The van der Waals surface area contributed by atoms with Gasteiger partial charge in [-0.1, -0.05) is 12.8 Å². The maximum atomic E-state index is 12.3. The van der Waals surface area contributed by atoms with Crippen LogP contribution in [-0.2, 0) is 4.79 Å². The van der Waals surface area contributed by atoms with Gasteiger partial charge in [-0.3, -0.25) is 9.69 Å². The first-order valence-corrected chi connectivity index (χ1v) is 9.00. The molecule has 1 aliphatic heterocycles. The number of likely N-dealkylation sites (tertiary alicyclic amines) is 1. The van der Waals surface area contributed by atoms with Gasteiger partial charge in [-0.2, -0.15) is 11.8 Å². The lowest BCUT2D eigenvalue weighted by atomic mass is 10.2. The molecule has 0 aromatic rings. The fourth-order valence-corrected chi connectivity index (χ4v) is 4.08.